The van der Waals surface area contributed by atoms with Gasteiger partial charge in [-0.15, -0.1) is 0 Å². The van der Waals surface area contributed by atoms with E-state index >= 15 is 0 Å². The fourth-order valence-corrected chi connectivity index (χ4v) is 3.50. The Morgan fingerprint density at radius 2 is 1.74 bits per heavy atom. The molecule has 0 unspecified atom stereocenters. The lowest BCUT2D eigenvalue weighted by Gasteiger charge is -2.26. The molecule has 3 aromatic rings. The Balaban J connectivity index is 1.74. The van der Waals surface area contributed by atoms with E-state index in [9.17, 15) is 23.5 Å². The lowest BCUT2D eigenvalue weighted by atomic mass is 10.0. The van der Waals surface area contributed by atoms with Crippen molar-refractivity contribution in [3.63, 3.8) is 0 Å². The summed E-state index contributed by atoms with van der Waals surface area (Å²) in [5.41, 5.74) is 3.17. The number of nitrogens with zero attached hydrogens (tertiary/aromatic N) is 2. The molecule has 162 valence electrons. The number of rotatable bonds is 6. The molecule has 1 aromatic heterocycles. The number of nitrogens with one attached hydrogen (secondary N) is 1. The van der Waals surface area contributed by atoms with Crippen LogP contribution in [0.25, 0.3) is 17.3 Å². The van der Waals surface area contributed by atoms with Crippen LogP contribution in [0.1, 0.15) is 25.0 Å². The minimum Gasteiger partial charge on any atom is -0.324 e. The third kappa shape index (κ3) is 4.99. The SMILES string of the molecule is Cn1ncc(C=CC(=O)Nc2ccc(C(C)(C)P(=O)(O)O)cc2)c1-c1ccc(F)cc1. The second-order valence-corrected chi connectivity index (χ2v) is 9.79. The molecule has 31 heavy (non-hydrogen) atoms. The van der Waals surface area contributed by atoms with Crippen LogP contribution in [0.15, 0.2) is 60.8 Å². The van der Waals surface area contributed by atoms with E-state index in [0.717, 1.165) is 11.3 Å². The third-order valence-electron chi connectivity index (χ3n) is 5.09. The number of carbonyl (C=O) groups is 1. The van der Waals surface area contributed by atoms with Crippen LogP contribution in [0.2, 0.25) is 0 Å². The Labute approximate surface area is 179 Å². The van der Waals surface area contributed by atoms with Gasteiger partial charge >= 0.3 is 7.60 Å². The van der Waals surface area contributed by atoms with E-state index in [4.69, 9.17) is 0 Å². The van der Waals surface area contributed by atoms with Crippen LogP contribution in [0.4, 0.5) is 10.1 Å². The normalized spacial score (nSPS) is 12.3. The molecule has 7 nitrogen and oxygen atoms in total. The molecule has 0 spiro atoms. The van der Waals surface area contributed by atoms with Crippen molar-refractivity contribution in [2.24, 2.45) is 7.05 Å². The van der Waals surface area contributed by atoms with Gasteiger partial charge < -0.3 is 15.1 Å². The van der Waals surface area contributed by atoms with Crippen molar-refractivity contribution in [3.05, 3.63) is 77.7 Å². The smallest absolute Gasteiger partial charge is 0.324 e. The Morgan fingerprint density at radius 1 is 1.13 bits per heavy atom. The number of carbonyl (C=O) groups excluding carboxylic acids is 1. The van der Waals surface area contributed by atoms with Crippen molar-refractivity contribution in [1.29, 1.82) is 0 Å². The maximum Gasteiger partial charge on any atom is 0.335 e. The average molecular weight is 443 g/mol. The van der Waals surface area contributed by atoms with E-state index in [1.807, 2.05) is 0 Å². The average Bonchev–Trinajstić information content (AvgIpc) is 3.07. The van der Waals surface area contributed by atoms with E-state index in [0.29, 0.717) is 16.8 Å². The highest BCUT2D eigenvalue weighted by molar-refractivity contribution is 7.53. The standard InChI is InChI=1S/C22H23FN3O4P/c1-22(2,31(28,29)30)17-7-11-19(12-8-17)25-20(27)13-6-16-14-24-26(3)21(16)15-4-9-18(23)10-5-15/h4-14H,1-3H3,(H,25,27)(H2,28,29,30). The fraction of sp³-hybridized carbons (Fsp3) is 0.182. The summed E-state index contributed by atoms with van der Waals surface area (Å²) in [6.45, 7) is 2.94. The van der Waals surface area contributed by atoms with E-state index in [1.54, 1.807) is 60.4 Å². The summed E-state index contributed by atoms with van der Waals surface area (Å²) in [5.74, 6) is -0.714. The van der Waals surface area contributed by atoms with E-state index in [2.05, 4.69) is 10.4 Å². The molecule has 1 heterocycles. The molecule has 0 saturated carbocycles. The Kier molecular flexibility index (Phi) is 6.27. The zero-order chi connectivity index (χ0) is 22.8. The van der Waals surface area contributed by atoms with Crippen molar-refractivity contribution >= 4 is 25.3 Å². The second kappa shape index (κ2) is 8.59. The molecule has 0 atom stereocenters. The summed E-state index contributed by atoms with van der Waals surface area (Å²) >= 11 is 0. The molecule has 9 heteroatoms. The van der Waals surface area contributed by atoms with Gasteiger partial charge in [-0.3, -0.25) is 14.0 Å². The summed E-state index contributed by atoms with van der Waals surface area (Å²) in [6, 6.07) is 12.3. The molecule has 0 aliphatic heterocycles. The Bertz CT molecular complexity index is 1160. The summed E-state index contributed by atoms with van der Waals surface area (Å²) in [4.78, 5) is 31.4. The highest BCUT2D eigenvalue weighted by Crippen LogP contribution is 2.56. The second-order valence-electron chi connectivity index (χ2n) is 7.58. The molecule has 0 fully saturated rings. The van der Waals surface area contributed by atoms with Crippen molar-refractivity contribution in [1.82, 2.24) is 9.78 Å². The minimum absolute atomic E-state index is 0.336. The van der Waals surface area contributed by atoms with Crippen LogP contribution in [0, 0.1) is 5.82 Å². The molecule has 3 N–H and O–H groups in total. The third-order valence-corrected chi connectivity index (χ3v) is 6.80. The lowest BCUT2D eigenvalue weighted by Crippen LogP contribution is -2.17. The first-order chi connectivity index (χ1) is 14.5. The summed E-state index contributed by atoms with van der Waals surface area (Å²) in [5, 5.41) is 5.59. The summed E-state index contributed by atoms with van der Waals surface area (Å²) in [6.07, 6.45) is 4.59. The fourth-order valence-electron chi connectivity index (χ4n) is 3.02. The molecular weight excluding hydrogens is 420 g/mol. The van der Waals surface area contributed by atoms with Crippen LogP contribution in [-0.4, -0.2) is 25.5 Å². The summed E-state index contributed by atoms with van der Waals surface area (Å²) in [7, 11) is -2.58. The van der Waals surface area contributed by atoms with Crippen molar-refractivity contribution in [2.45, 2.75) is 19.0 Å². The zero-order valence-electron chi connectivity index (χ0n) is 17.3. The van der Waals surface area contributed by atoms with Gasteiger partial charge in [0.1, 0.15) is 5.82 Å². The first kappa shape index (κ1) is 22.6. The monoisotopic (exact) mass is 443 g/mol. The molecule has 2 aromatic carbocycles. The number of aryl methyl sites for hydroxylation is 1. The first-order valence-electron chi connectivity index (χ1n) is 9.42. The van der Waals surface area contributed by atoms with Gasteiger partial charge in [0, 0.05) is 29.9 Å². The van der Waals surface area contributed by atoms with E-state index in [-0.39, 0.29) is 11.7 Å². The van der Waals surface area contributed by atoms with Crippen molar-refractivity contribution in [3.8, 4) is 11.3 Å². The minimum atomic E-state index is -4.34. The maximum absolute atomic E-state index is 13.2. The van der Waals surface area contributed by atoms with E-state index in [1.165, 1.54) is 32.1 Å². The molecule has 3 rings (SSSR count). The molecule has 0 bridgehead atoms. The van der Waals surface area contributed by atoms with Gasteiger partial charge in [0.05, 0.1) is 17.0 Å². The summed E-state index contributed by atoms with van der Waals surface area (Å²) < 4.78 is 26.5. The highest BCUT2D eigenvalue weighted by atomic mass is 31.2. The van der Waals surface area contributed by atoms with Crippen LogP contribution in [-0.2, 0) is 21.6 Å². The molecular formula is C22H23FN3O4P. The van der Waals surface area contributed by atoms with Crippen molar-refractivity contribution < 1.29 is 23.5 Å². The van der Waals surface area contributed by atoms with Gasteiger partial charge in [0.25, 0.3) is 0 Å². The number of hydrogen-bond acceptors (Lipinski definition) is 3. The topological polar surface area (TPSA) is 104 Å². The molecule has 0 saturated heterocycles. The molecule has 0 radical (unpaired) electrons. The molecule has 0 aliphatic rings. The predicted octanol–water partition coefficient (Wildman–Crippen LogP) is 4.29. The highest BCUT2D eigenvalue weighted by Gasteiger charge is 2.39. The number of hydrogen-bond donors (Lipinski definition) is 3. The van der Waals surface area contributed by atoms with Gasteiger partial charge in [-0.2, -0.15) is 5.10 Å². The predicted molar refractivity (Wildman–Crippen MR) is 118 cm³/mol. The van der Waals surface area contributed by atoms with Gasteiger partial charge in [-0.25, -0.2) is 4.39 Å². The Hall–Kier alpha value is -3.06. The lowest BCUT2D eigenvalue weighted by molar-refractivity contribution is -0.111. The van der Waals surface area contributed by atoms with Crippen LogP contribution >= 0.6 is 7.60 Å². The van der Waals surface area contributed by atoms with Gasteiger partial charge in [-0.05, 0) is 61.9 Å². The quantitative estimate of drug-likeness (QED) is 0.389. The van der Waals surface area contributed by atoms with E-state index < -0.39 is 12.8 Å². The van der Waals surface area contributed by atoms with Crippen molar-refractivity contribution in [2.75, 3.05) is 5.32 Å². The molecule has 1 amide bonds. The van der Waals surface area contributed by atoms with Gasteiger partial charge in [0.15, 0.2) is 0 Å². The number of amides is 1. The maximum atomic E-state index is 13.2. The van der Waals surface area contributed by atoms with Crippen LogP contribution in [0.5, 0.6) is 0 Å². The molecule has 0 aliphatic carbocycles. The van der Waals surface area contributed by atoms with Crippen LogP contribution in [0.3, 0.4) is 0 Å². The van der Waals surface area contributed by atoms with Gasteiger partial charge in [-0.1, -0.05) is 12.1 Å². The number of anilines is 1. The first-order valence-corrected chi connectivity index (χ1v) is 11.0. The van der Waals surface area contributed by atoms with Crippen LogP contribution < -0.4 is 5.32 Å². The van der Waals surface area contributed by atoms with Gasteiger partial charge in [0.2, 0.25) is 5.91 Å². The largest absolute Gasteiger partial charge is 0.335 e. The number of aromatic nitrogens is 2. The Morgan fingerprint density at radius 3 is 2.32 bits per heavy atom. The number of benzene rings is 2. The number of halogens is 1. The zero-order valence-corrected chi connectivity index (χ0v) is 18.2.